The van der Waals surface area contributed by atoms with Crippen LogP contribution in [0.3, 0.4) is 0 Å². The monoisotopic (exact) mass is 355 g/mol. The number of piperazine rings is 1. The molecule has 7 heteroatoms. The maximum atomic E-state index is 12.9. The predicted octanol–water partition coefficient (Wildman–Crippen LogP) is 2.93. The van der Waals surface area contributed by atoms with E-state index in [1.807, 2.05) is 18.2 Å². The van der Waals surface area contributed by atoms with Crippen molar-refractivity contribution in [3.05, 3.63) is 28.8 Å². The molecule has 2 fully saturated rings. The first-order chi connectivity index (χ1) is 11.6. The van der Waals surface area contributed by atoms with E-state index in [-0.39, 0.29) is 12.6 Å². The quantitative estimate of drug-likeness (QED) is 0.902. The van der Waals surface area contributed by atoms with E-state index in [0.29, 0.717) is 18.1 Å². The van der Waals surface area contributed by atoms with Crippen molar-refractivity contribution >= 4 is 23.4 Å². The first-order valence-electron chi connectivity index (χ1n) is 8.36. The number of amides is 1. The van der Waals surface area contributed by atoms with Gasteiger partial charge in [-0.2, -0.15) is 0 Å². The zero-order valence-electron chi connectivity index (χ0n) is 13.6. The van der Waals surface area contributed by atoms with E-state index < -0.39 is 6.09 Å². The Balaban J connectivity index is 1.69. The summed E-state index contributed by atoms with van der Waals surface area (Å²) in [5.74, 6) is 0.107. The molecular weight excluding hydrogens is 333 g/mol. The number of hydrogen-bond acceptors (Lipinski definition) is 3. The average Bonchev–Trinajstić information content (AvgIpc) is 3.06. The Morgan fingerprint density at radius 3 is 2.62 bits per heavy atom. The second kappa shape index (κ2) is 7.57. The summed E-state index contributed by atoms with van der Waals surface area (Å²) in [7, 11) is 0. The molecule has 1 aromatic carbocycles. The third-order valence-corrected chi connectivity index (χ3v) is 5.16. The van der Waals surface area contributed by atoms with Gasteiger partial charge in [-0.3, -0.25) is 9.29 Å². The Morgan fingerprint density at radius 2 is 2.00 bits per heavy atom. The molecule has 1 amide bonds. The number of carbonyl (C=O) groups is 1. The number of hydrogen-bond donors (Lipinski definition) is 1. The van der Waals surface area contributed by atoms with Gasteiger partial charge in [0.1, 0.15) is 0 Å². The lowest BCUT2D eigenvalue weighted by Gasteiger charge is -2.34. The van der Waals surface area contributed by atoms with E-state index in [4.69, 9.17) is 16.7 Å². The highest BCUT2D eigenvalue weighted by Gasteiger charge is 2.26. The van der Waals surface area contributed by atoms with Gasteiger partial charge in [0.05, 0.1) is 6.67 Å². The lowest BCUT2D eigenvalue weighted by molar-refractivity contribution is 0.103. The maximum Gasteiger partial charge on any atom is 0.407 e. The fourth-order valence-electron chi connectivity index (χ4n) is 3.48. The smallest absolute Gasteiger partial charge is 0.407 e. The highest BCUT2D eigenvalue weighted by Crippen LogP contribution is 2.31. The molecule has 0 aromatic heterocycles. The summed E-state index contributed by atoms with van der Waals surface area (Å²) >= 11 is 6.18. The molecule has 0 radical (unpaired) electrons. The average molecular weight is 356 g/mol. The number of anilines is 1. The van der Waals surface area contributed by atoms with Crippen molar-refractivity contribution in [3.8, 4) is 0 Å². The molecule has 2 aliphatic rings. The summed E-state index contributed by atoms with van der Waals surface area (Å²) in [5.41, 5.74) is 2.25. The van der Waals surface area contributed by atoms with Gasteiger partial charge in [-0.05, 0) is 24.1 Å². The number of rotatable bonds is 4. The van der Waals surface area contributed by atoms with E-state index >= 15 is 0 Å². The van der Waals surface area contributed by atoms with Crippen LogP contribution in [0.15, 0.2) is 18.2 Å². The van der Waals surface area contributed by atoms with Crippen LogP contribution < -0.4 is 4.90 Å². The Kier molecular flexibility index (Phi) is 5.46. The topological polar surface area (TPSA) is 47.0 Å². The molecule has 132 valence electrons. The van der Waals surface area contributed by atoms with Gasteiger partial charge in [-0.25, -0.2) is 4.79 Å². The molecule has 24 heavy (non-hydrogen) atoms. The first kappa shape index (κ1) is 17.3. The highest BCUT2D eigenvalue weighted by molar-refractivity contribution is 6.30. The normalized spacial score (nSPS) is 22.2. The fourth-order valence-corrected chi connectivity index (χ4v) is 3.65. The van der Waals surface area contributed by atoms with Gasteiger partial charge in [-0.15, -0.1) is 0 Å². The van der Waals surface area contributed by atoms with Crippen LogP contribution in [-0.4, -0.2) is 66.9 Å². The lowest BCUT2D eigenvalue weighted by atomic mass is 10.1. The van der Waals surface area contributed by atoms with Crippen LogP contribution in [0.25, 0.3) is 0 Å². The third kappa shape index (κ3) is 3.92. The van der Waals surface area contributed by atoms with Crippen molar-refractivity contribution in [2.45, 2.75) is 13.0 Å². The zero-order chi connectivity index (χ0) is 17.1. The van der Waals surface area contributed by atoms with Crippen molar-refractivity contribution < 1.29 is 14.3 Å². The van der Waals surface area contributed by atoms with Crippen molar-refractivity contribution in [1.29, 1.82) is 0 Å². The van der Waals surface area contributed by atoms with Gasteiger partial charge in [0.25, 0.3) is 0 Å². The van der Waals surface area contributed by atoms with Gasteiger partial charge in [0.2, 0.25) is 0 Å². The molecule has 0 saturated carbocycles. The maximum absolute atomic E-state index is 12.9. The minimum atomic E-state index is -0.851. The van der Waals surface area contributed by atoms with Crippen molar-refractivity contribution in [2.75, 3.05) is 50.8 Å². The Hall–Kier alpha value is -1.53. The molecule has 0 aliphatic carbocycles. The highest BCUT2D eigenvalue weighted by atomic mass is 35.5. The first-order valence-corrected chi connectivity index (χ1v) is 8.74. The zero-order valence-corrected chi connectivity index (χ0v) is 14.4. The van der Waals surface area contributed by atoms with Crippen LogP contribution in [0.2, 0.25) is 5.02 Å². The Bertz CT molecular complexity index is 593. The standard InChI is InChI=1S/C17H23ClFN3O2/c18-15-2-1-14(12-20-5-7-21(8-6-20)17(23)24)16(9-15)22-4-3-13(10-19)11-22/h1-2,9,13H,3-8,10-12H2,(H,23,24)/t13-/m1/s1. The van der Waals surface area contributed by atoms with Crippen molar-refractivity contribution in [3.63, 3.8) is 0 Å². The van der Waals surface area contributed by atoms with Gasteiger partial charge < -0.3 is 14.9 Å². The summed E-state index contributed by atoms with van der Waals surface area (Å²) in [6, 6.07) is 5.88. The number of benzene rings is 1. The van der Waals surface area contributed by atoms with E-state index in [9.17, 15) is 9.18 Å². The number of halogens is 2. The van der Waals surface area contributed by atoms with Crippen LogP contribution in [-0.2, 0) is 6.54 Å². The molecule has 1 N–H and O–H groups in total. The van der Waals surface area contributed by atoms with Crippen LogP contribution >= 0.6 is 11.6 Å². The van der Waals surface area contributed by atoms with Crippen LogP contribution in [0.4, 0.5) is 14.9 Å². The molecule has 2 saturated heterocycles. The van der Waals surface area contributed by atoms with Crippen LogP contribution in [0.5, 0.6) is 0 Å². The second-order valence-electron chi connectivity index (χ2n) is 6.57. The molecular formula is C17H23ClFN3O2. The number of alkyl halides is 1. The Morgan fingerprint density at radius 1 is 1.25 bits per heavy atom. The third-order valence-electron chi connectivity index (χ3n) is 4.93. The lowest BCUT2D eigenvalue weighted by Crippen LogP contribution is -2.47. The SMILES string of the molecule is O=C(O)N1CCN(Cc2ccc(Cl)cc2N2CC[C@H](CF)C2)CC1. The summed E-state index contributed by atoms with van der Waals surface area (Å²) in [6.45, 7) is 4.59. The van der Waals surface area contributed by atoms with E-state index in [1.165, 1.54) is 10.5 Å². The van der Waals surface area contributed by atoms with Gasteiger partial charge in [0, 0.05) is 62.4 Å². The van der Waals surface area contributed by atoms with E-state index in [1.54, 1.807) is 0 Å². The predicted molar refractivity (Wildman–Crippen MR) is 92.6 cm³/mol. The number of carboxylic acid groups (broad SMARTS) is 1. The van der Waals surface area contributed by atoms with Crippen molar-refractivity contribution in [1.82, 2.24) is 9.80 Å². The van der Waals surface area contributed by atoms with E-state index in [2.05, 4.69) is 9.80 Å². The fraction of sp³-hybridized carbons (Fsp3) is 0.588. The largest absolute Gasteiger partial charge is 0.465 e. The molecule has 1 aromatic rings. The van der Waals surface area contributed by atoms with Crippen LogP contribution in [0, 0.1) is 5.92 Å². The van der Waals surface area contributed by atoms with Gasteiger partial charge >= 0.3 is 6.09 Å². The van der Waals surface area contributed by atoms with E-state index in [0.717, 1.165) is 44.8 Å². The molecule has 0 spiro atoms. The Labute approximate surface area is 146 Å². The van der Waals surface area contributed by atoms with Crippen LogP contribution in [0.1, 0.15) is 12.0 Å². The molecule has 5 nitrogen and oxygen atoms in total. The minimum Gasteiger partial charge on any atom is -0.465 e. The molecule has 3 rings (SSSR count). The van der Waals surface area contributed by atoms with Gasteiger partial charge in [0.15, 0.2) is 0 Å². The number of nitrogens with zero attached hydrogens (tertiary/aromatic N) is 3. The molecule has 1 atom stereocenters. The minimum absolute atomic E-state index is 0.107. The molecule has 2 aliphatic heterocycles. The molecule has 0 unspecified atom stereocenters. The summed E-state index contributed by atoms with van der Waals surface area (Å²) in [4.78, 5) is 16.9. The summed E-state index contributed by atoms with van der Waals surface area (Å²) in [5, 5.41) is 9.72. The van der Waals surface area contributed by atoms with Crippen molar-refractivity contribution in [2.24, 2.45) is 5.92 Å². The summed E-state index contributed by atoms with van der Waals surface area (Å²) < 4.78 is 12.9. The molecule has 2 heterocycles. The van der Waals surface area contributed by atoms with Gasteiger partial charge in [-0.1, -0.05) is 17.7 Å². The molecule has 0 bridgehead atoms. The second-order valence-corrected chi connectivity index (χ2v) is 7.01. The summed E-state index contributed by atoms with van der Waals surface area (Å²) in [6.07, 6.45) is 0.0240.